The second-order valence-electron chi connectivity index (χ2n) is 9.19. The first-order valence-corrected chi connectivity index (χ1v) is 11.7. The van der Waals surface area contributed by atoms with Crippen LogP contribution in [-0.4, -0.2) is 43.2 Å². The first-order valence-electron chi connectivity index (χ1n) is 11.7. The Balaban J connectivity index is 1.72. The number of benzene rings is 3. The van der Waals surface area contributed by atoms with Crippen LogP contribution in [0.5, 0.6) is 5.75 Å². The van der Waals surface area contributed by atoms with Crippen LogP contribution in [0, 0.1) is 17.1 Å². The van der Waals surface area contributed by atoms with Gasteiger partial charge in [-0.25, -0.2) is 4.39 Å². The van der Waals surface area contributed by atoms with Gasteiger partial charge in [0, 0.05) is 25.2 Å². The predicted molar refractivity (Wildman–Crippen MR) is 132 cm³/mol. The standard InChI is InChI=1S/C28H30FN3O3/c1-18-16-32(17-19(2)35-18)28(3,22-9-11-23(29)12-10-22)27(33)31-15-25-24-8-6-5-7-20(24)13-21(14-30)26(25)34-4/h5-13,18-19H,15-17H2,1-4H3,(H,31,33). The van der Waals surface area contributed by atoms with Crippen molar-refractivity contribution in [3.05, 3.63) is 77.1 Å². The molecule has 1 aliphatic rings. The van der Waals surface area contributed by atoms with Crippen molar-refractivity contribution in [2.75, 3.05) is 20.2 Å². The molecule has 182 valence electrons. The van der Waals surface area contributed by atoms with Crippen LogP contribution in [0.25, 0.3) is 10.8 Å². The average Bonchev–Trinajstić information content (AvgIpc) is 2.85. The Bertz CT molecular complexity index is 1260. The second-order valence-corrected chi connectivity index (χ2v) is 9.19. The van der Waals surface area contributed by atoms with E-state index in [1.165, 1.54) is 19.2 Å². The quantitative estimate of drug-likeness (QED) is 0.568. The van der Waals surface area contributed by atoms with Crippen LogP contribution < -0.4 is 10.1 Å². The molecule has 1 heterocycles. The molecule has 3 aromatic carbocycles. The third-order valence-electron chi connectivity index (χ3n) is 6.76. The number of nitriles is 1. The maximum atomic E-state index is 13.9. The molecule has 0 aromatic heterocycles. The van der Waals surface area contributed by atoms with E-state index in [9.17, 15) is 14.4 Å². The third-order valence-corrected chi connectivity index (χ3v) is 6.76. The zero-order valence-electron chi connectivity index (χ0n) is 20.5. The zero-order valence-corrected chi connectivity index (χ0v) is 20.5. The minimum absolute atomic E-state index is 0.0531. The molecule has 0 saturated carbocycles. The van der Waals surface area contributed by atoms with Crippen LogP contribution in [0.1, 0.15) is 37.5 Å². The number of rotatable bonds is 6. The van der Waals surface area contributed by atoms with E-state index in [2.05, 4.69) is 16.3 Å². The molecule has 3 aromatic rings. The summed E-state index contributed by atoms with van der Waals surface area (Å²) < 4.78 is 25.2. The van der Waals surface area contributed by atoms with Crippen LogP contribution in [0.3, 0.4) is 0 Å². The molecule has 7 heteroatoms. The highest BCUT2D eigenvalue weighted by atomic mass is 19.1. The van der Waals surface area contributed by atoms with Gasteiger partial charge in [0.2, 0.25) is 5.91 Å². The Labute approximate surface area is 205 Å². The highest BCUT2D eigenvalue weighted by Crippen LogP contribution is 2.34. The minimum Gasteiger partial charge on any atom is -0.495 e. The van der Waals surface area contributed by atoms with Crippen LogP contribution >= 0.6 is 0 Å². The van der Waals surface area contributed by atoms with Crippen molar-refractivity contribution in [2.45, 2.75) is 45.1 Å². The number of nitrogens with one attached hydrogen (secondary N) is 1. The number of methoxy groups -OCH3 is 1. The fourth-order valence-electron chi connectivity index (χ4n) is 5.01. The van der Waals surface area contributed by atoms with E-state index in [4.69, 9.17) is 9.47 Å². The Morgan fingerprint density at radius 3 is 2.49 bits per heavy atom. The first-order chi connectivity index (χ1) is 16.8. The Kier molecular flexibility index (Phi) is 7.06. The van der Waals surface area contributed by atoms with Gasteiger partial charge in [-0.3, -0.25) is 9.69 Å². The third kappa shape index (κ3) is 4.72. The van der Waals surface area contributed by atoms with Crippen molar-refractivity contribution < 1.29 is 18.7 Å². The SMILES string of the molecule is COc1c(C#N)cc2ccccc2c1CNC(=O)C(C)(c1ccc(F)cc1)N1CC(C)OC(C)C1. The highest BCUT2D eigenvalue weighted by Gasteiger charge is 2.44. The number of ether oxygens (including phenoxy) is 2. The molecule has 3 unspecified atom stereocenters. The topological polar surface area (TPSA) is 74.6 Å². The van der Waals surface area contributed by atoms with Crippen molar-refractivity contribution in [1.82, 2.24) is 10.2 Å². The molecule has 1 fully saturated rings. The van der Waals surface area contributed by atoms with E-state index in [1.807, 2.05) is 45.0 Å². The average molecular weight is 476 g/mol. The molecule has 1 N–H and O–H groups in total. The number of morpholine rings is 1. The number of carbonyl (C=O) groups excluding carboxylic acids is 1. The van der Waals surface area contributed by atoms with Crippen molar-refractivity contribution in [3.8, 4) is 11.8 Å². The fourth-order valence-corrected chi connectivity index (χ4v) is 5.01. The van der Waals surface area contributed by atoms with Crippen LogP contribution in [0.4, 0.5) is 4.39 Å². The Morgan fingerprint density at radius 2 is 1.86 bits per heavy atom. The molecule has 0 bridgehead atoms. The van der Waals surface area contributed by atoms with E-state index < -0.39 is 5.54 Å². The van der Waals surface area contributed by atoms with Crippen molar-refractivity contribution in [3.63, 3.8) is 0 Å². The summed E-state index contributed by atoms with van der Waals surface area (Å²) in [5.74, 6) is -0.132. The van der Waals surface area contributed by atoms with Gasteiger partial charge >= 0.3 is 0 Å². The largest absolute Gasteiger partial charge is 0.495 e. The number of nitrogens with zero attached hydrogens (tertiary/aromatic N) is 2. The molecule has 6 nitrogen and oxygen atoms in total. The van der Waals surface area contributed by atoms with Gasteiger partial charge in [0.25, 0.3) is 0 Å². The number of hydrogen-bond acceptors (Lipinski definition) is 5. The summed E-state index contributed by atoms with van der Waals surface area (Å²) in [6.07, 6.45) is -0.106. The summed E-state index contributed by atoms with van der Waals surface area (Å²) in [4.78, 5) is 16.0. The van der Waals surface area contributed by atoms with E-state index in [1.54, 1.807) is 18.2 Å². The minimum atomic E-state index is -1.06. The molecule has 1 aliphatic heterocycles. The van der Waals surface area contributed by atoms with Gasteiger partial charge in [-0.05, 0) is 55.3 Å². The molecular weight excluding hydrogens is 445 g/mol. The number of fused-ring (bicyclic) bond motifs is 1. The second kappa shape index (κ2) is 10.0. The van der Waals surface area contributed by atoms with Gasteiger partial charge in [-0.2, -0.15) is 5.26 Å². The lowest BCUT2D eigenvalue weighted by atomic mass is 9.87. The van der Waals surface area contributed by atoms with Gasteiger partial charge in [0.1, 0.15) is 23.2 Å². The van der Waals surface area contributed by atoms with Crippen LogP contribution in [0.2, 0.25) is 0 Å². The van der Waals surface area contributed by atoms with Gasteiger partial charge in [0.15, 0.2) is 0 Å². The smallest absolute Gasteiger partial charge is 0.245 e. The summed E-state index contributed by atoms with van der Waals surface area (Å²) in [5, 5.41) is 14.6. The number of amides is 1. The summed E-state index contributed by atoms with van der Waals surface area (Å²) >= 11 is 0. The van der Waals surface area contributed by atoms with Gasteiger partial charge in [-0.15, -0.1) is 0 Å². The lowest BCUT2D eigenvalue weighted by molar-refractivity contribution is -0.144. The van der Waals surface area contributed by atoms with Gasteiger partial charge in [0.05, 0.1) is 24.9 Å². The zero-order chi connectivity index (χ0) is 25.2. The van der Waals surface area contributed by atoms with E-state index in [0.717, 1.165) is 16.3 Å². The Morgan fingerprint density at radius 1 is 1.20 bits per heavy atom. The molecule has 1 saturated heterocycles. The lowest BCUT2D eigenvalue weighted by Crippen LogP contribution is -2.60. The molecule has 0 radical (unpaired) electrons. The van der Waals surface area contributed by atoms with Crippen molar-refractivity contribution >= 4 is 16.7 Å². The summed E-state index contributed by atoms with van der Waals surface area (Å²) in [6.45, 7) is 7.11. The van der Waals surface area contributed by atoms with E-state index >= 15 is 0 Å². The van der Waals surface area contributed by atoms with E-state index in [0.29, 0.717) is 30.0 Å². The number of halogens is 1. The van der Waals surface area contributed by atoms with Crippen LogP contribution in [-0.2, 0) is 21.6 Å². The summed E-state index contributed by atoms with van der Waals surface area (Å²) in [7, 11) is 1.52. The molecular formula is C28H30FN3O3. The van der Waals surface area contributed by atoms with Gasteiger partial charge < -0.3 is 14.8 Å². The summed E-state index contributed by atoms with van der Waals surface area (Å²) in [6, 6.07) is 17.8. The van der Waals surface area contributed by atoms with E-state index in [-0.39, 0.29) is 30.5 Å². The number of hydrogen-bond donors (Lipinski definition) is 1. The van der Waals surface area contributed by atoms with Crippen molar-refractivity contribution in [2.24, 2.45) is 0 Å². The molecule has 4 rings (SSSR count). The maximum absolute atomic E-state index is 13.9. The predicted octanol–water partition coefficient (Wildman–Crippen LogP) is 4.50. The number of carbonyl (C=O) groups is 1. The molecule has 0 aliphatic carbocycles. The molecule has 3 atom stereocenters. The van der Waals surface area contributed by atoms with Gasteiger partial charge in [-0.1, -0.05) is 36.4 Å². The maximum Gasteiger partial charge on any atom is 0.245 e. The van der Waals surface area contributed by atoms with Crippen LogP contribution in [0.15, 0.2) is 54.6 Å². The molecule has 1 amide bonds. The fraction of sp³-hybridized carbons (Fsp3) is 0.357. The summed E-state index contributed by atoms with van der Waals surface area (Å²) in [5.41, 5.74) is 0.782. The molecule has 35 heavy (non-hydrogen) atoms. The highest BCUT2D eigenvalue weighted by molar-refractivity contribution is 5.91. The molecule has 0 spiro atoms. The Hall–Kier alpha value is -3.47. The monoisotopic (exact) mass is 475 g/mol. The van der Waals surface area contributed by atoms with Crippen molar-refractivity contribution in [1.29, 1.82) is 5.26 Å². The lowest BCUT2D eigenvalue weighted by Gasteiger charge is -2.46. The first kappa shape index (κ1) is 24.6. The normalized spacial score (nSPS) is 20.1.